The van der Waals surface area contributed by atoms with Gasteiger partial charge in [0.25, 0.3) is 0 Å². The summed E-state index contributed by atoms with van der Waals surface area (Å²) in [5, 5.41) is 18.8. The summed E-state index contributed by atoms with van der Waals surface area (Å²) in [5.74, 6) is -3.09. The second kappa shape index (κ2) is 11.9. The van der Waals surface area contributed by atoms with Crippen molar-refractivity contribution >= 4 is 11.9 Å². The van der Waals surface area contributed by atoms with Gasteiger partial charge in [0.2, 0.25) is 0 Å². The third-order valence-electron chi connectivity index (χ3n) is 0.355. The van der Waals surface area contributed by atoms with Gasteiger partial charge in [-0.25, -0.2) is 0 Å². The van der Waals surface area contributed by atoms with Gasteiger partial charge in [-0.2, -0.15) is 0 Å². The van der Waals surface area contributed by atoms with Gasteiger partial charge in [-0.1, -0.05) is 0 Å². The molecule has 0 bridgehead atoms. The molecular weight excluding hydrogens is 204 g/mol. The Morgan fingerprint density at radius 2 is 1.09 bits per heavy atom. The molecule has 0 aromatic carbocycles. The number of carbonyl (C=O) groups is 2. The van der Waals surface area contributed by atoms with E-state index in [1.165, 1.54) is 0 Å². The molecule has 0 aliphatic carbocycles. The number of hydrogen-bond donors (Lipinski definition) is 2. The quantitative estimate of drug-likeness (QED) is 0.394. The number of rotatable bonds is 2. The summed E-state index contributed by atoms with van der Waals surface area (Å²) in [6, 6.07) is 0. The first-order valence-electron chi connectivity index (χ1n) is 1.73. The predicted molar refractivity (Wildman–Crippen MR) is 31.1 cm³/mol. The van der Waals surface area contributed by atoms with Gasteiger partial charge in [0, 0.05) is 17.1 Å². The van der Waals surface area contributed by atoms with Crippen LogP contribution >= 0.6 is 0 Å². The number of carboxylic acids is 2. The maximum absolute atomic E-state index is 9.41. The van der Waals surface area contributed by atoms with Crippen molar-refractivity contribution in [2.45, 2.75) is 0 Å². The number of aliphatic carboxylic acids is 2. The van der Waals surface area contributed by atoms with Crippen LogP contribution in [-0.2, 0) is 26.7 Å². The number of hydrogen-bond acceptors (Lipinski definition) is 4. The number of quaternary nitrogens is 2. The maximum Gasteiger partial charge on any atom is 0.0643 e. The van der Waals surface area contributed by atoms with Crippen molar-refractivity contribution in [1.29, 1.82) is 0 Å². The molecule has 0 amide bonds. The van der Waals surface area contributed by atoms with Crippen molar-refractivity contribution in [3.05, 3.63) is 12.2 Å². The Bertz CT molecular complexity index is 131. The Hall–Kier alpha value is -0.881. The molecule has 0 aromatic heterocycles. The summed E-state index contributed by atoms with van der Waals surface area (Å²) in [5.41, 5.74) is 0. The third-order valence-corrected chi connectivity index (χ3v) is 0.355. The molecule has 0 atom stereocenters. The van der Waals surface area contributed by atoms with Gasteiger partial charge in [0.05, 0.1) is 11.9 Å². The van der Waals surface area contributed by atoms with E-state index in [9.17, 15) is 19.8 Å². The molecule has 0 aromatic rings. The zero-order chi connectivity index (χ0) is 6.57. The molecule has 0 rings (SSSR count). The average Bonchev–Trinajstić information content (AvgIpc) is 1.61. The summed E-state index contributed by atoms with van der Waals surface area (Å²) in [6.45, 7) is 0. The SMILES string of the molecule is O=C([O-])/C=C\C(=O)[O-].[Cu].[NH4+].[NH4+]. The third kappa shape index (κ3) is 27.2. The van der Waals surface area contributed by atoms with E-state index >= 15 is 0 Å². The van der Waals surface area contributed by atoms with E-state index in [2.05, 4.69) is 0 Å². The van der Waals surface area contributed by atoms with Gasteiger partial charge in [-0.3, -0.25) is 0 Å². The molecule has 0 saturated heterocycles. The fourth-order valence-corrected chi connectivity index (χ4v) is 0.136. The van der Waals surface area contributed by atoms with E-state index in [1.807, 2.05) is 0 Å². The van der Waals surface area contributed by atoms with Crippen LogP contribution in [0.15, 0.2) is 12.2 Å². The minimum Gasteiger partial charge on any atom is -0.545 e. The summed E-state index contributed by atoms with van der Waals surface area (Å²) in [6.07, 6.45) is 0.769. The molecule has 7 heteroatoms. The minimum atomic E-state index is -1.55. The molecule has 0 unspecified atom stereocenters. The Labute approximate surface area is 73.9 Å². The zero-order valence-corrected chi connectivity index (χ0v) is 7.03. The van der Waals surface area contributed by atoms with Crippen LogP contribution in [-0.4, -0.2) is 11.9 Å². The fourth-order valence-electron chi connectivity index (χ4n) is 0.136. The second-order valence-electron chi connectivity index (χ2n) is 0.971. The number of carboxylic acid groups (broad SMARTS) is 2. The molecule has 8 N–H and O–H groups in total. The Morgan fingerprint density at radius 3 is 1.18 bits per heavy atom. The molecular formula is C4H10CuN2O4. The van der Waals surface area contributed by atoms with Crippen LogP contribution in [0.3, 0.4) is 0 Å². The van der Waals surface area contributed by atoms with E-state index in [0.717, 1.165) is 0 Å². The summed E-state index contributed by atoms with van der Waals surface area (Å²) >= 11 is 0. The Morgan fingerprint density at radius 1 is 0.909 bits per heavy atom. The molecule has 11 heavy (non-hydrogen) atoms. The Balaban J connectivity index is -0.0000000817. The number of carbonyl (C=O) groups excluding carboxylic acids is 2. The largest absolute Gasteiger partial charge is 0.545 e. The van der Waals surface area contributed by atoms with Gasteiger partial charge < -0.3 is 32.1 Å². The standard InChI is InChI=1S/C4H4O4.Cu.2H3N/c5-3(6)1-2-4(7)8;;;/h1-2H,(H,5,6)(H,7,8);;2*1H3/b2-1-;;;. The molecule has 0 aliphatic heterocycles. The van der Waals surface area contributed by atoms with Crippen LogP contribution in [0.2, 0.25) is 0 Å². The van der Waals surface area contributed by atoms with Crippen molar-refractivity contribution in [3.8, 4) is 0 Å². The van der Waals surface area contributed by atoms with Gasteiger partial charge in [-0.05, 0) is 12.2 Å². The van der Waals surface area contributed by atoms with E-state index in [0.29, 0.717) is 12.2 Å². The van der Waals surface area contributed by atoms with Gasteiger partial charge in [0.15, 0.2) is 0 Å². The van der Waals surface area contributed by atoms with Crippen molar-refractivity contribution in [3.63, 3.8) is 0 Å². The fraction of sp³-hybridized carbons (Fsp3) is 0. The molecule has 6 nitrogen and oxygen atoms in total. The van der Waals surface area contributed by atoms with Gasteiger partial charge >= 0.3 is 0 Å². The van der Waals surface area contributed by atoms with Crippen LogP contribution in [0, 0.1) is 0 Å². The normalized spacial score (nSPS) is 6.91. The minimum absolute atomic E-state index is 0. The van der Waals surface area contributed by atoms with Gasteiger partial charge in [0.1, 0.15) is 0 Å². The van der Waals surface area contributed by atoms with Crippen molar-refractivity contribution in [2.75, 3.05) is 0 Å². The smallest absolute Gasteiger partial charge is 0.0643 e. The van der Waals surface area contributed by atoms with E-state index < -0.39 is 11.9 Å². The van der Waals surface area contributed by atoms with E-state index in [4.69, 9.17) is 0 Å². The van der Waals surface area contributed by atoms with Crippen LogP contribution in [0.5, 0.6) is 0 Å². The molecule has 1 radical (unpaired) electrons. The monoisotopic (exact) mass is 213 g/mol. The van der Waals surface area contributed by atoms with E-state index in [-0.39, 0.29) is 29.4 Å². The van der Waals surface area contributed by atoms with Crippen LogP contribution in [0.25, 0.3) is 0 Å². The van der Waals surface area contributed by atoms with Gasteiger partial charge in [-0.15, -0.1) is 0 Å². The summed E-state index contributed by atoms with van der Waals surface area (Å²) in [4.78, 5) is 18.8. The zero-order valence-electron chi connectivity index (χ0n) is 6.09. The Kier molecular flexibility index (Phi) is 24.2. The van der Waals surface area contributed by atoms with E-state index in [1.54, 1.807) is 0 Å². The molecule has 0 heterocycles. The van der Waals surface area contributed by atoms with Crippen molar-refractivity contribution < 1.29 is 36.9 Å². The molecule has 0 saturated carbocycles. The van der Waals surface area contributed by atoms with Crippen LogP contribution < -0.4 is 22.5 Å². The summed E-state index contributed by atoms with van der Waals surface area (Å²) in [7, 11) is 0. The van der Waals surface area contributed by atoms with Crippen molar-refractivity contribution in [2.24, 2.45) is 0 Å². The maximum atomic E-state index is 9.41. The topological polar surface area (TPSA) is 153 Å². The average molecular weight is 214 g/mol. The summed E-state index contributed by atoms with van der Waals surface area (Å²) < 4.78 is 0. The first-order valence-corrected chi connectivity index (χ1v) is 1.73. The first-order chi connectivity index (χ1) is 3.63. The second-order valence-corrected chi connectivity index (χ2v) is 0.971. The molecule has 71 valence electrons. The molecule has 0 aliphatic rings. The molecule has 0 spiro atoms. The van der Waals surface area contributed by atoms with Crippen LogP contribution in [0.4, 0.5) is 0 Å². The molecule has 0 fully saturated rings. The predicted octanol–water partition coefficient (Wildman–Crippen LogP) is -2.21. The first kappa shape index (κ1) is 22.5. The van der Waals surface area contributed by atoms with Crippen LogP contribution in [0.1, 0.15) is 0 Å². The van der Waals surface area contributed by atoms with Crippen molar-refractivity contribution in [1.82, 2.24) is 12.3 Å².